The maximum absolute atomic E-state index is 5.63. The number of aromatic nitrogens is 24. The van der Waals surface area contributed by atoms with Crippen molar-refractivity contribution in [2.45, 2.75) is 80.8 Å². The monoisotopic (exact) mass is 1430 g/mol. The van der Waals surface area contributed by atoms with E-state index in [0.29, 0.717) is 105 Å². The van der Waals surface area contributed by atoms with E-state index in [-0.39, 0.29) is 41.6 Å². The number of hydrogen-bond donors (Lipinski definition) is 21. The number of nitrogens with one attached hydrogen (secondary N) is 14. The van der Waals surface area contributed by atoms with Gasteiger partial charge in [0.05, 0.1) is 39.3 Å². The lowest BCUT2D eigenvalue weighted by molar-refractivity contribution is 0.838. The number of H-pyrrole nitrogens is 6. The first kappa shape index (κ1) is 77.5. The molecule has 0 spiro atoms. The van der Waals surface area contributed by atoms with Crippen LogP contribution >= 0.6 is 0 Å². The molecule has 42 heteroatoms. The largest absolute Gasteiger partial charge is 0.368 e. The fourth-order valence-corrected chi connectivity index (χ4v) is 8.96. The number of aromatic amines is 6. The third kappa shape index (κ3) is 26.1. The zero-order chi connectivity index (χ0) is 75.4. The predicted molar refractivity (Wildman–Crippen MR) is 409 cm³/mol. The zero-order valence-electron chi connectivity index (χ0n) is 60.6. The molecule has 104 heavy (non-hydrogen) atoms. The minimum Gasteiger partial charge on any atom is -0.368 e. The Bertz CT molecular complexity index is 4470. The van der Waals surface area contributed by atoms with Crippen molar-refractivity contribution in [1.82, 2.24) is 120 Å². The van der Waals surface area contributed by atoms with Crippen LogP contribution < -0.4 is 97.4 Å². The molecule has 0 bridgehead atoms. The molecule has 552 valence electrons. The summed E-state index contributed by atoms with van der Waals surface area (Å²) in [6, 6.07) is 24.2. The summed E-state index contributed by atoms with van der Waals surface area (Å²) in [6.07, 6.45) is 0. The first-order chi connectivity index (χ1) is 49.7. The Morgan fingerprint density at radius 3 is 0.779 bits per heavy atom. The third-order valence-corrected chi connectivity index (χ3v) is 13.8. The van der Waals surface area contributed by atoms with Gasteiger partial charge < -0.3 is 127 Å². The molecule has 0 aliphatic carbocycles. The summed E-state index contributed by atoms with van der Waals surface area (Å²) in [5.74, 6) is 6.41. The van der Waals surface area contributed by atoms with Crippen LogP contribution in [0.15, 0.2) is 72.8 Å². The first-order valence-electron chi connectivity index (χ1n) is 32.2. The van der Waals surface area contributed by atoms with Crippen molar-refractivity contribution in [2.75, 3.05) is 154 Å². The summed E-state index contributed by atoms with van der Waals surface area (Å²) >= 11 is 0. The fraction of sp³-hybridized carbons (Fsp3) is 0.323. The predicted octanol–water partition coefficient (Wildman–Crippen LogP) is 4.08. The molecule has 0 fully saturated rings. The molecule has 0 atom stereocenters. The summed E-state index contributed by atoms with van der Waals surface area (Å²) in [6.45, 7) is 15.8. The van der Waals surface area contributed by atoms with Crippen molar-refractivity contribution < 1.29 is 0 Å². The smallest absolute Gasteiger partial charge is 0.232 e. The van der Waals surface area contributed by atoms with Gasteiger partial charge in [-0.1, -0.05) is 0 Å². The van der Waals surface area contributed by atoms with E-state index in [9.17, 15) is 0 Å². The molecule has 12 aromatic rings. The second-order valence-electron chi connectivity index (χ2n) is 23.0. The normalized spacial score (nSPS) is 10.3. The Labute approximate surface area is 600 Å². The fourth-order valence-electron chi connectivity index (χ4n) is 8.96. The van der Waals surface area contributed by atoms with Gasteiger partial charge in [0.25, 0.3) is 0 Å². The van der Waals surface area contributed by atoms with Gasteiger partial charge in [-0.25, -0.2) is 0 Å². The molecule has 0 unspecified atom stereocenters. The molecule has 0 aromatic carbocycles. The molecule has 0 saturated carbocycles. The standard InChI is InChI=1S/3C11H17N7.2C10H15N7.C9H13N7/c1-7-4-5-8(14-7)6-13-10-15-9(12)16-11(17-10)18(2)3;1-7-4-5-8(14-7)6-18(3)11-16-9(12)15-10(13-2)17-11;1-7-4-5-8(15-7)6-14-11-17-9(12-2)16-10(13-3)18-11;1-6-3-4-7(13-6)5-17(2)10-15-8(11)14-9(12)16-10;1-6-3-4-7(14-6)5-13-10-16-8(11)15-9(12-2)17-10;1-5-2-3-6(13-5)4-12-9-15-7(10)14-8(11)16-9/h2*4-5,14H,6H2,1-3H3,(H3,12,13,15,16,17);4-5,15H,6H2,1-3H3,(H3,12,13,14,16,17,18);3-4,13H,5H2,1-2H3,(H4,11,12,14,15,16);3-4,14H,5H2,1-2H3,(H4,11,12,13,15,16,17);2-3,13H,4H2,1H3,(H5,10,11,12,14,15,16). The molecule has 0 aliphatic rings. The summed E-state index contributed by atoms with van der Waals surface area (Å²) < 4.78 is 0. The van der Waals surface area contributed by atoms with Crippen molar-refractivity contribution in [3.63, 3.8) is 0 Å². The van der Waals surface area contributed by atoms with Crippen LogP contribution in [0.2, 0.25) is 0 Å². The molecular formula is C62H94N42. The van der Waals surface area contributed by atoms with Crippen LogP contribution in [0.5, 0.6) is 0 Å². The van der Waals surface area contributed by atoms with Crippen molar-refractivity contribution >= 4 is 107 Å². The van der Waals surface area contributed by atoms with Gasteiger partial charge in [0.1, 0.15) is 0 Å². The lowest BCUT2D eigenvalue weighted by atomic mass is 10.4. The number of anilines is 18. The first-order valence-corrected chi connectivity index (χ1v) is 32.2. The van der Waals surface area contributed by atoms with E-state index in [4.69, 9.17) is 40.1 Å². The molecule has 12 heterocycles. The minimum atomic E-state index is 0.109. The van der Waals surface area contributed by atoms with Gasteiger partial charge in [-0.2, -0.15) is 89.7 Å². The quantitative estimate of drug-likeness (QED) is 0.0429. The number of nitrogens with two attached hydrogens (primary N) is 7. The van der Waals surface area contributed by atoms with Gasteiger partial charge in [0.15, 0.2) is 0 Å². The topological polar surface area (TPSA) is 615 Å². The Morgan fingerprint density at radius 1 is 0.260 bits per heavy atom. The zero-order valence-corrected chi connectivity index (χ0v) is 60.6. The van der Waals surface area contributed by atoms with Crippen LogP contribution in [0.4, 0.5) is 107 Å². The SMILES string of the molecule is CNc1nc(N)nc(N(C)Cc2ccc(C)[nH]2)n1.CNc1nc(N)nc(NCc2ccc(C)[nH]2)n1.CNc1nc(NC)nc(NCc2ccc(C)[nH]2)n1.Cc1ccc(CN(C)c2nc(N)nc(N)n2)[nH]1.Cc1ccc(CNc2nc(N)nc(N(C)C)n2)[nH]1.Cc1ccc(CNc2nc(N)nc(N)n2)[nH]1. The highest BCUT2D eigenvalue weighted by Crippen LogP contribution is 2.17. The van der Waals surface area contributed by atoms with Crippen LogP contribution in [0, 0.1) is 41.5 Å². The van der Waals surface area contributed by atoms with E-state index in [0.717, 1.165) is 68.3 Å². The van der Waals surface area contributed by atoms with E-state index < -0.39 is 0 Å². The highest BCUT2D eigenvalue weighted by Gasteiger charge is 2.13. The molecule has 28 N–H and O–H groups in total. The lowest BCUT2D eigenvalue weighted by Gasteiger charge is -2.16. The van der Waals surface area contributed by atoms with E-state index in [1.807, 2.05) is 152 Å². The van der Waals surface area contributed by atoms with Crippen molar-refractivity contribution in [3.8, 4) is 0 Å². The van der Waals surface area contributed by atoms with Crippen LogP contribution in [0.25, 0.3) is 0 Å². The van der Waals surface area contributed by atoms with Crippen molar-refractivity contribution in [1.29, 1.82) is 0 Å². The summed E-state index contributed by atoms with van der Waals surface area (Å²) in [4.78, 5) is 97.4. The molecular weight excluding hydrogens is 1330 g/mol. The van der Waals surface area contributed by atoms with Gasteiger partial charge in [-0.05, 0) is 114 Å². The average Bonchev–Trinajstić information content (AvgIpc) is 1.30. The van der Waals surface area contributed by atoms with Crippen LogP contribution in [-0.2, 0) is 39.3 Å². The molecule has 12 rings (SSSR count). The van der Waals surface area contributed by atoms with Gasteiger partial charge in [0.2, 0.25) is 107 Å². The molecule has 42 nitrogen and oxygen atoms in total. The number of rotatable bonds is 23. The van der Waals surface area contributed by atoms with E-state index in [1.54, 1.807) is 33.1 Å². The third-order valence-electron chi connectivity index (χ3n) is 13.8. The van der Waals surface area contributed by atoms with E-state index >= 15 is 0 Å². The highest BCUT2D eigenvalue weighted by molar-refractivity contribution is 5.46. The summed E-state index contributed by atoms with van der Waals surface area (Å²) in [5.41, 5.74) is 51.9. The lowest BCUT2D eigenvalue weighted by Crippen LogP contribution is -2.21. The molecule has 0 radical (unpaired) electrons. The van der Waals surface area contributed by atoms with Gasteiger partial charge in [-0.3, -0.25) is 0 Å². The average molecular weight is 1430 g/mol. The van der Waals surface area contributed by atoms with Gasteiger partial charge in [-0.15, -0.1) is 0 Å². The molecule has 0 saturated heterocycles. The number of aryl methyl sites for hydroxylation is 6. The Morgan fingerprint density at radius 2 is 0.471 bits per heavy atom. The summed E-state index contributed by atoms with van der Waals surface area (Å²) in [5, 5.41) is 23.8. The minimum absolute atomic E-state index is 0.109. The number of hydrogen-bond acceptors (Lipinski definition) is 36. The van der Waals surface area contributed by atoms with Crippen molar-refractivity contribution in [2.24, 2.45) is 0 Å². The Balaban J connectivity index is 0.000000175. The van der Waals surface area contributed by atoms with E-state index in [1.165, 1.54) is 0 Å². The molecule has 12 aromatic heterocycles. The maximum Gasteiger partial charge on any atom is 0.232 e. The second kappa shape index (κ2) is 37.9. The molecule has 0 amide bonds. The van der Waals surface area contributed by atoms with Crippen molar-refractivity contribution in [3.05, 3.63) is 141 Å². The maximum atomic E-state index is 5.63. The van der Waals surface area contributed by atoms with E-state index in [2.05, 4.69) is 162 Å². The molecule has 0 aliphatic heterocycles. The summed E-state index contributed by atoms with van der Waals surface area (Å²) in [7, 11) is 14.5. The highest BCUT2D eigenvalue weighted by atomic mass is 15.3. The Kier molecular flexibility index (Phi) is 28.3. The second-order valence-corrected chi connectivity index (χ2v) is 23.0. The van der Waals surface area contributed by atoms with Crippen LogP contribution in [-0.4, -0.2) is 176 Å². The van der Waals surface area contributed by atoms with Gasteiger partial charge >= 0.3 is 0 Å². The number of nitrogen functional groups attached to an aromatic ring is 7. The van der Waals surface area contributed by atoms with Gasteiger partial charge in [0, 0.05) is 125 Å². The number of nitrogens with zero attached hydrogens (tertiary/aromatic N) is 21. The van der Waals surface area contributed by atoms with Crippen LogP contribution in [0.1, 0.15) is 68.3 Å². The van der Waals surface area contributed by atoms with Crippen LogP contribution in [0.3, 0.4) is 0 Å². The Hall–Kier alpha value is -13.9.